The maximum absolute atomic E-state index is 12.2. The van der Waals surface area contributed by atoms with Crippen molar-refractivity contribution >= 4 is 28.9 Å². The topological polar surface area (TPSA) is 70.2 Å². The Morgan fingerprint density at radius 1 is 0.880 bits per heavy atom. The van der Waals surface area contributed by atoms with Crippen LogP contribution in [0.15, 0.2) is 36.4 Å². The van der Waals surface area contributed by atoms with E-state index >= 15 is 0 Å². The molecular formula is C20H25N3O2. The van der Waals surface area contributed by atoms with E-state index in [1.165, 1.54) is 0 Å². The minimum Gasteiger partial charge on any atom is -0.376 e. The molecule has 2 amide bonds. The number of rotatable bonds is 6. The minimum absolute atomic E-state index is 0.0344. The predicted octanol–water partition coefficient (Wildman–Crippen LogP) is 4.01. The molecular weight excluding hydrogens is 314 g/mol. The van der Waals surface area contributed by atoms with Gasteiger partial charge in [0.1, 0.15) is 0 Å². The summed E-state index contributed by atoms with van der Waals surface area (Å²) in [5, 5.41) is 8.91. The van der Waals surface area contributed by atoms with Gasteiger partial charge in [-0.25, -0.2) is 0 Å². The van der Waals surface area contributed by atoms with E-state index < -0.39 is 0 Å². The van der Waals surface area contributed by atoms with Crippen LogP contribution in [0.2, 0.25) is 0 Å². The lowest BCUT2D eigenvalue weighted by molar-refractivity contribution is -0.116. The highest BCUT2D eigenvalue weighted by atomic mass is 16.2. The molecule has 0 aliphatic carbocycles. The molecule has 0 aliphatic rings. The van der Waals surface area contributed by atoms with Crippen LogP contribution in [0.3, 0.4) is 0 Å². The summed E-state index contributed by atoms with van der Waals surface area (Å²) < 4.78 is 0. The third-order valence-electron chi connectivity index (χ3n) is 4.02. The fourth-order valence-corrected chi connectivity index (χ4v) is 2.52. The van der Waals surface area contributed by atoms with E-state index in [-0.39, 0.29) is 18.4 Å². The fourth-order valence-electron chi connectivity index (χ4n) is 2.52. The summed E-state index contributed by atoms with van der Waals surface area (Å²) in [4.78, 5) is 23.8. The summed E-state index contributed by atoms with van der Waals surface area (Å²) in [6.07, 6.45) is 0.426. The Balaban J connectivity index is 1.99. The van der Waals surface area contributed by atoms with Gasteiger partial charge in [-0.1, -0.05) is 30.7 Å². The Kier molecular flexibility index (Phi) is 6.17. The molecule has 2 rings (SSSR count). The van der Waals surface area contributed by atoms with Crippen molar-refractivity contribution in [2.24, 2.45) is 0 Å². The molecule has 0 unspecified atom stereocenters. The van der Waals surface area contributed by atoms with Gasteiger partial charge in [-0.15, -0.1) is 0 Å². The summed E-state index contributed by atoms with van der Waals surface area (Å²) in [5.74, 6) is -0.151. The molecule has 0 heterocycles. The highest BCUT2D eigenvalue weighted by Crippen LogP contribution is 2.23. The van der Waals surface area contributed by atoms with E-state index in [4.69, 9.17) is 0 Å². The molecule has 0 spiro atoms. The number of carbonyl (C=O) groups excluding carboxylic acids is 2. The van der Waals surface area contributed by atoms with Crippen LogP contribution < -0.4 is 16.0 Å². The highest BCUT2D eigenvalue weighted by Gasteiger charge is 2.09. The smallest absolute Gasteiger partial charge is 0.243 e. The van der Waals surface area contributed by atoms with Crippen molar-refractivity contribution in [2.75, 3.05) is 22.5 Å². The Morgan fingerprint density at radius 3 is 2.24 bits per heavy atom. The second-order valence-corrected chi connectivity index (χ2v) is 6.10. The third kappa shape index (κ3) is 5.08. The lowest BCUT2D eigenvalue weighted by Crippen LogP contribution is -2.22. The molecule has 0 saturated heterocycles. The van der Waals surface area contributed by atoms with Gasteiger partial charge < -0.3 is 16.0 Å². The van der Waals surface area contributed by atoms with E-state index in [0.29, 0.717) is 6.42 Å². The average Bonchev–Trinajstić information content (AvgIpc) is 2.58. The highest BCUT2D eigenvalue weighted by molar-refractivity contribution is 5.95. The van der Waals surface area contributed by atoms with Crippen molar-refractivity contribution in [1.82, 2.24) is 0 Å². The van der Waals surface area contributed by atoms with E-state index in [9.17, 15) is 9.59 Å². The van der Waals surface area contributed by atoms with Gasteiger partial charge in [0.25, 0.3) is 0 Å². The van der Waals surface area contributed by atoms with Gasteiger partial charge in [0.15, 0.2) is 0 Å². The van der Waals surface area contributed by atoms with E-state index in [1.54, 1.807) is 0 Å². The fraction of sp³-hybridized carbons (Fsp3) is 0.300. The molecule has 132 valence electrons. The number of benzene rings is 2. The molecule has 5 nitrogen and oxygen atoms in total. The van der Waals surface area contributed by atoms with E-state index in [0.717, 1.165) is 33.8 Å². The normalized spacial score (nSPS) is 10.2. The maximum atomic E-state index is 12.2. The first-order valence-electron chi connectivity index (χ1n) is 8.41. The minimum atomic E-state index is -0.116. The summed E-state index contributed by atoms with van der Waals surface area (Å²) in [7, 11) is 0. The van der Waals surface area contributed by atoms with Crippen molar-refractivity contribution in [3.05, 3.63) is 53.1 Å². The van der Waals surface area contributed by atoms with Gasteiger partial charge in [0, 0.05) is 23.5 Å². The van der Waals surface area contributed by atoms with E-state index in [2.05, 4.69) is 16.0 Å². The Bertz CT molecular complexity index is 785. The lowest BCUT2D eigenvalue weighted by atomic mass is 10.1. The number of amides is 2. The number of aryl methyl sites for hydroxylation is 2. The SMILES string of the molecule is CCC(=O)Nc1cccc(NCC(=O)Nc2ccc(C)cc2C)c1C. The van der Waals surface area contributed by atoms with Gasteiger partial charge in [0.2, 0.25) is 11.8 Å². The molecule has 2 aromatic carbocycles. The third-order valence-corrected chi connectivity index (χ3v) is 4.02. The van der Waals surface area contributed by atoms with Crippen molar-refractivity contribution in [3.8, 4) is 0 Å². The van der Waals surface area contributed by atoms with Crippen LogP contribution in [-0.4, -0.2) is 18.4 Å². The Hall–Kier alpha value is -2.82. The predicted molar refractivity (Wildman–Crippen MR) is 103 cm³/mol. The first-order valence-corrected chi connectivity index (χ1v) is 8.41. The molecule has 0 aromatic heterocycles. The van der Waals surface area contributed by atoms with Crippen molar-refractivity contribution in [1.29, 1.82) is 0 Å². The van der Waals surface area contributed by atoms with Crippen molar-refractivity contribution < 1.29 is 9.59 Å². The van der Waals surface area contributed by atoms with Crippen LogP contribution in [0.5, 0.6) is 0 Å². The quantitative estimate of drug-likeness (QED) is 0.745. The first kappa shape index (κ1) is 18.5. The molecule has 2 aromatic rings. The van der Waals surface area contributed by atoms with Gasteiger partial charge in [0.05, 0.1) is 6.54 Å². The number of nitrogens with one attached hydrogen (secondary N) is 3. The average molecular weight is 339 g/mol. The molecule has 0 saturated carbocycles. The summed E-state index contributed by atoms with van der Waals surface area (Å²) in [5.41, 5.74) is 5.50. The molecule has 0 atom stereocenters. The Labute approximate surface area is 148 Å². The zero-order valence-electron chi connectivity index (χ0n) is 15.2. The molecule has 5 heteroatoms. The number of hydrogen-bond acceptors (Lipinski definition) is 3. The second-order valence-electron chi connectivity index (χ2n) is 6.10. The zero-order valence-corrected chi connectivity index (χ0v) is 15.2. The largest absolute Gasteiger partial charge is 0.376 e. The van der Waals surface area contributed by atoms with Crippen LogP contribution in [0, 0.1) is 20.8 Å². The molecule has 0 fully saturated rings. The maximum Gasteiger partial charge on any atom is 0.243 e. The van der Waals surface area contributed by atoms with Crippen LogP contribution in [0.4, 0.5) is 17.1 Å². The molecule has 0 bridgehead atoms. The van der Waals surface area contributed by atoms with Crippen LogP contribution >= 0.6 is 0 Å². The number of carbonyl (C=O) groups is 2. The number of anilines is 3. The Morgan fingerprint density at radius 2 is 1.56 bits per heavy atom. The standard InChI is InChI=1S/C20H25N3O2/c1-5-19(24)23-18-8-6-7-17(15(18)4)21-12-20(25)22-16-10-9-13(2)11-14(16)3/h6-11,21H,5,12H2,1-4H3,(H,22,25)(H,23,24). The number of hydrogen-bond donors (Lipinski definition) is 3. The van der Waals surface area contributed by atoms with Crippen molar-refractivity contribution in [3.63, 3.8) is 0 Å². The van der Waals surface area contributed by atoms with Gasteiger partial charge in [-0.2, -0.15) is 0 Å². The monoisotopic (exact) mass is 339 g/mol. The summed E-state index contributed by atoms with van der Waals surface area (Å²) >= 11 is 0. The lowest BCUT2D eigenvalue weighted by Gasteiger charge is -2.14. The van der Waals surface area contributed by atoms with Crippen LogP contribution in [0.1, 0.15) is 30.0 Å². The van der Waals surface area contributed by atoms with Crippen molar-refractivity contribution in [2.45, 2.75) is 34.1 Å². The molecule has 0 radical (unpaired) electrons. The first-order chi connectivity index (χ1) is 11.9. The van der Waals surface area contributed by atoms with E-state index in [1.807, 2.05) is 64.1 Å². The van der Waals surface area contributed by atoms with Gasteiger partial charge >= 0.3 is 0 Å². The molecule has 25 heavy (non-hydrogen) atoms. The summed E-state index contributed by atoms with van der Waals surface area (Å²) in [6, 6.07) is 11.5. The zero-order chi connectivity index (χ0) is 18.4. The van der Waals surface area contributed by atoms with Crippen LogP contribution in [-0.2, 0) is 9.59 Å². The van der Waals surface area contributed by atoms with Gasteiger partial charge in [-0.05, 0) is 50.1 Å². The van der Waals surface area contributed by atoms with Gasteiger partial charge in [-0.3, -0.25) is 9.59 Å². The summed E-state index contributed by atoms with van der Waals surface area (Å²) in [6.45, 7) is 7.87. The molecule has 3 N–H and O–H groups in total. The second kappa shape index (κ2) is 8.33. The molecule has 0 aliphatic heterocycles. The van der Waals surface area contributed by atoms with Crippen LogP contribution in [0.25, 0.3) is 0 Å².